The lowest BCUT2D eigenvalue weighted by atomic mass is 10.1. The molecule has 0 fully saturated rings. The van der Waals surface area contributed by atoms with Crippen LogP contribution in [0.1, 0.15) is 40.5 Å². The second-order valence-electron chi connectivity index (χ2n) is 5.64. The first-order chi connectivity index (χ1) is 12.1. The van der Waals surface area contributed by atoms with Crippen LogP contribution in [0.15, 0.2) is 29.4 Å². The topological polar surface area (TPSA) is 85.3 Å². The molecular weight excluding hydrogens is 334 g/mol. The standard InChI is InChI=1S/C18H21N5OS/c1-4-14-16(25-18(19)21-14)17(24)22-20-10-13-11(3)23(5-2)15-9-7-6-8-12(13)15/h6-10H,4-5H2,1-3H3,(H2,19,21)(H,22,24)/b20-10-. The van der Waals surface area contributed by atoms with E-state index in [-0.39, 0.29) is 5.91 Å². The highest BCUT2D eigenvalue weighted by Crippen LogP contribution is 2.24. The van der Waals surface area contributed by atoms with Crippen molar-refractivity contribution in [2.24, 2.45) is 5.10 Å². The van der Waals surface area contributed by atoms with Crippen LogP contribution in [-0.2, 0) is 13.0 Å². The molecule has 0 aliphatic carbocycles. The number of anilines is 1. The van der Waals surface area contributed by atoms with Gasteiger partial charge in [-0.3, -0.25) is 4.79 Å². The average molecular weight is 355 g/mol. The van der Waals surface area contributed by atoms with Crippen molar-refractivity contribution in [3.05, 3.63) is 46.1 Å². The maximum absolute atomic E-state index is 12.3. The molecular formula is C18H21N5OS. The minimum atomic E-state index is -0.279. The van der Waals surface area contributed by atoms with Gasteiger partial charge in [0.1, 0.15) is 4.88 Å². The van der Waals surface area contributed by atoms with Crippen molar-refractivity contribution in [3.8, 4) is 0 Å². The highest BCUT2D eigenvalue weighted by atomic mass is 32.1. The highest BCUT2D eigenvalue weighted by molar-refractivity contribution is 7.17. The molecule has 0 bridgehead atoms. The molecule has 1 aromatic carbocycles. The van der Waals surface area contributed by atoms with Gasteiger partial charge in [0.25, 0.3) is 5.91 Å². The monoisotopic (exact) mass is 355 g/mol. The van der Waals surface area contributed by atoms with Crippen LogP contribution < -0.4 is 11.2 Å². The van der Waals surface area contributed by atoms with E-state index < -0.39 is 0 Å². The summed E-state index contributed by atoms with van der Waals surface area (Å²) in [6.07, 6.45) is 2.36. The van der Waals surface area contributed by atoms with Gasteiger partial charge in [0.15, 0.2) is 5.13 Å². The highest BCUT2D eigenvalue weighted by Gasteiger charge is 2.16. The summed E-state index contributed by atoms with van der Waals surface area (Å²) in [7, 11) is 0. The van der Waals surface area contributed by atoms with Crippen molar-refractivity contribution in [1.82, 2.24) is 15.0 Å². The number of hydrogen-bond donors (Lipinski definition) is 2. The molecule has 0 aliphatic heterocycles. The molecule has 3 aromatic rings. The molecule has 0 saturated heterocycles. The van der Waals surface area contributed by atoms with Crippen LogP contribution in [0.3, 0.4) is 0 Å². The molecule has 0 atom stereocenters. The smallest absolute Gasteiger partial charge is 0.283 e. The first-order valence-corrected chi connectivity index (χ1v) is 9.04. The second-order valence-corrected chi connectivity index (χ2v) is 6.67. The quantitative estimate of drug-likeness (QED) is 0.544. The fourth-order valence-electron chi connectivity index (χ4n) is 3.02. The van der Waals surface area contributed by atoms with E-state index in [9.17, 15) is 4.79 Å². The number of thiazole rings is 1. The molecule has 0 aliphatic rings. The Bertz CT molecular complexity index is 954. The van der Waals surface area contributed by atoms with Crippen LogP contribution in [0.5, 0.6) is 0 Å². The molecule has 130 valence electrons. The van der Waals surface area contributed by atoms with Gasteiger partial charge in [0, 0.05) is 28.7 Å². The molecule has 3 N–H and O–H groups in total. The Balaban J connectivity index is 1.87. The van der Waals surface area contributed by atoms with Crippen molar-refractivity contribution in [3.63, 3.8) is 0 Å². The number of carbonyl (C=O) groups is 1. The van der Waals surface area contributed by atoms with Crippen molar-refractivity contribution in [1.29, 1.82) is 0 Å². The summed E-state index contributed by atoms with van der Waals surface area (Å²) in [5.74, 6) is -0.279. The van der Waals surface area contributed by atoms with Gasteiger partial charge in [-0.15, -0.1) is 0 Å². The zero-order valence-corrected chi connectivity index (χ0v) is 15.4. The predicted octanol–water partition coefficient (Wildman–Crippen LogP) is 3.33. The van der Waals surface area contributed by atoms with Crippen molar-refractivity contribution in [2.45, 2.75) is 33.7 Å². The minimum Gasteiger partial charge on any atom is -0.375 e. The molecule has 2 heterocycles. The van der Waals surface area contributed by atoms with Crippen LogP contribution in [0, 0.1) is 6.92 Å². The Morgan fingerprint density at radius 3 is 2.88 bits per heavy atom. The number of nitrogens with two attached hydrogens (primary N) is 1. The fraction of sp³-hybridized carbons (Fsp3) is 0.278. The number of nitrogens with zero attached hydrogens (tertiary/aromatic N) is 3. The van der Waals surface area contributed by atoms with Crippen molar-refractivity contribution in [2.75, 3.05) is 5.73 Å². The normalized spacial score (nSPS) is 11.5. The van der Waals surface area contributed by atoms with Crippen LogP contribution in [0.4, 0.5) is 5.13 Å². The number of carbonyl (C=O) groups excluding carboxylic acids is 1. The first kappa shape index (κ1) is 17.2. The van der Waals surface area contributed by atoms with E-state index in [2.05, 4.69) is 46.1 Å². The molecule has 2 aromatic heterocycles. The number of amides is 1. The summed E-state index contributed by atoms with van der Waals surface area (Å²) in [5.41, 5.74) is 12.3. The molecule has 7 heteroatoms. The Labute approximate surface area is 150 Å². The van der Waals surface area contributed by atoms with Gasteiger partial charge in [0.2, 0.25) is 0 Å². The number of benzene rings is 1. The lowest BCUT2D eigenvalue weighted by Gasteiger charge is -2.03. The lowest BCUT2D eigenvalue weighted by molar-refractivity contribution is 0.0958. The molecule has 3 rings (SSSR count). The van der Waals surface area contributed by atoms with Crippen LogP contribution in [0.2, 0.25) is 0 Å². The molecule has 0 saturated carbocycles. The molecule has 6 nitrogen and oxygen atoms in total. The van der Waals surface area contributed by atoms with E-state index in [4.69, 9.17) is 5.73 Å². The predicted molar refractivity (Wildman–Crippen MR) is 103 cm³/mol. The number of aryl methyl sites for hydroxylation is 2. The Hall–Kier alpha value is -2.67. The third-order valence-electron chi connectivity index (χ3n) is 4.21. The van der Waals surface area contributed by atoms with Gasteiger partial charge >= 0.3 is 0 Å². The van der Waals surface area contributed by atoms with Gasteiger partial charge in [-0.05, 0) is 26.3 Å². The van der Waals surface area contributed by atoms with Crippen molar-refractivity contribution >= 4 is 39.5 Å². The van der Waals surface area contributed by atoms with Gasteiger partial charge in [-0.2, -0.15) is 5.10 Å². The molecule has 25 heavy (non-hydrogen) atoms. The summed E-state index contributed by atoms with van der Waals surface area (Å²) in [6.45, 7) is 7.00. The van der Waals surface area contributed by atoms with Crippen LogP contribution >= 0.6 is 11.3 Å². The number of hydrazone groups is 1. The number of fused-ring (bicyclic) bond motifs is 1. The SMILES string of the molecule is CCc1nc(N)sc1C(=O)N/N=C\c1c(C)n(CC)c2ccccc12. The third-order valence-corrected chi connectivity index (χ3v) is 5.14. The Morgan fingerprint density at radius 1 is 1.40 bits per heavy atom. The van der Waals surface area contributed by atoms with E-state index >= 15 is 0 Å². The number of nitrogens with one attached hydrogen (secondary N) is 1. The van der Waals surface area contributed by atoms with Gasteiger partial charge < -0.3 is 10.3 Å². The van der Waals surface area contributed by atoms with E-state index in [0.717, 1.165) is 23.2 Å². The summed E-state index contributed by atoms with van der Waals surface area (Å²) < 4.78 is 2.23. The number of aromatic nitrogens is 2. The van der Waals surface area contributed by atoms with Crippen LogP contribution in [0.25, 0.3) is 10.9 Å². The van der Waals surface area contributed by atoms with E-state index in [1.165, 1.54) is 16.9 Å². The zero-order chi connectivity index (χ0) is 18.0. The number of rotatable bonds is 5. The zero-order valence-electron chi connectivity index (χ0n) is 14.5. The first-order valence-electron chi connectivity index (χ1n) is 8.23. The number of nitrogen functional groups attached to an aromatic ring is 1. The third kappa shape index (κ3) is 3.15. The molecule has 0 radical (unpaired) electrons. The summed E-state index contributed by atoms with van der Waals surface area (Å²) >= 11 is 1.18. The summed E-state index contributed by atoms with van der Waals surface area (Å²) in [6, 6.07) is 8.19. The molecule has 1 amide bonds. The Kier molecular flexibility index (Phi) is 4.85. The summed E-state index contributed by atoms with van der Waals surface area (Å²) in [5, 5.41) is 5.68. The maximum Gasteiger partial charge on any atom is 0.283 e. The Morgan fingerprint density at radius 2 is 2.16 bits per heavy atom. The van der Waals surface area contributed by atoms with Gasteiger partial charge in [0.05, 0.1) is 11.9 Å². The minimum absolute atomic E-state index is 0.279. The summed E-state index contributed by atoms with van der Waals surface area (Å²) in [4.78, 5) is 17.0. The fourth-order valence-corrected chi connectivity index (χ4v) is 3.83. The van der Waals surface area contributed by atoms with E-state index in [1.807, 2.05) is 19.1 Å². The van der Waals surface area contributed by atoms with E-state index in [1.54, 1.807) is 6.21 Å². The average Bonchev–Trinajstić information content (AvgIpc) is 3.12. The van der Waals surface area contributed by atoms with E-state index in [0.29, 0.717) is 22.1 Å². The van der Waals surface area contributed by atoms with Crippen molar-refractivity contribution < 1.29 is 4.79 Å². The molecule has 0 unspecified atom stereocenters. The van der Waals surface area contributed by atoms with Gasteiger partial charge in [-0.25, -0.2) is 10.4 Å². The lowest BCUT2D eigenvalue weighted by Crippen LogP contribution is -2.17. The number of hydrogen-bond acceptors (Lipinski definition) is 5. The largest absolute Gasteiger partial charge is 0.375 e. The van der Waals surface area contributed by atoms with Crippen LogP contribution in [-0.4, -0.2) is 21.7 Å². The second kappa shape index (κ2) is 7.06. The molecule has 0 spiro atoms. The number of para-hydroxylation sites is 1. The maximum atomic E-state index is 12.3. The van der Waals surface area contributed by atoms with Gasteiger partial charge in [-0.1, -0.05) is 36.5 Å².